The summed E-state index contributed by atoms with van der Waals surface area (Å²) in [6.45, 7) is 8.32. The maximum atomic E-state index is 12.1. The fourth-order valence-electron chi connectivity index (χ4n) is 5.03. The molecule has 11 heteroatoms. The monoisotopic (exact) mass is 479 g/mol. The van der Waals surface area contributed by atoms with Crippen molar-refractivity contribution in [2.75, 3.05) is 38.0 Å². The van der Waals surface area contributed by atoms with Gasteiger partial charge in [-0.3, -0.25) is 14.3 Å². The molecule has 2 aliphatic rings. The first kappa shape index (κ1) is 23.3. The fourth-order valence-corrected chi connectivity index (χ4v) is 5.03. The first-order valence-corrected chi connectivity index (χ1v) is 12.4. The van der Waals surface area contributed by atoms with Gasteiger partial charge in [-0.2, -0.15) is 5.10 Å². The zero-order valence-corrected chi connectivity index (χ0v) is 20.7. The molecule has 0 radical (unpaired) electrons. The number of nitrogens with one attached hydrogen (secondary N) is 1. The summed E-state index contributed by atoms with van der Waals surface area (Å²) in [5, 5.41) is 7.99. The average molecular weight is 480 g/mol. The Kier molecular flexibility index (Phi) is 6.40. The summed E-state index contributed by atoms with van der Waals surface area (Å²) in [7, 11) is 1.92. The Labute approximate surface area is 204 Å². The van der Waals surface area contributed by atoms with Gasteiger partial charge in [-0.15, -0.1) is 0 Å². The van der Waals surface area contributed by atoms with Gasteiger partial charge in [-0.1, -0.05) is 0 Å². The Bertz CT molecular complexity index is 1260. The molecule has 2 amide bonds. The van der Waals surface area contributed by atoms with Crippen LogP contribution in [0.5, 0.6) is 0 Å². The molecular weight excluding hydrogens is 446 g/mol. The summed E-state index contributed by atoms with van der Waals surface area (Å²) in [5.41, 5.74) is 4.23. The smallest absolute Gasteiger partial charge is 0.222 e. The Morgan fingerprint density at radius 3 is 2.31 bits per heavy atom. The molecule has 0 aliphatic carbocycles. The van der Waals surface area contributed by atoms with E-state index in [0.717, 1.165) is 61.5 Å². The molecule has 0 atom stereocenters. The normalized spacial score (nSPS) is 16.3. The van der Waals surface area contributed by atoms with Crippen molar-refractivity contribution in [1.82, 2.24) is 39.1 Å². The van der Waals surface area contributed by atoms with Gasteiger partial charge in [0.2, 0.25) is 11.8 Å². The van der Waals surface area contributed by atoms with Crippen LogP contribution in [-0.4, -0.2) is 83.6 Å². The second-order valence-corrected chi connectivity index (χ2v) is 9.42. The summed E-state index contributed by atoms with van der Waals surface area (Å²) in [6, 6.07) is 0. The predicted molar refractivity (Wildman–Crippen MR) is 132 cm³/mol. The zero-order valence-electron chi connectivity index (χ0n) is 20.7. The fraction of sp³-hybridized carbons (Fsp3) is 0.583. The number of hydrogen-bond donors (Lipinski definition) is 1. The summed E-state index contributed by atoms with van der Waals surface area (Å²) < 4.78 is 3.84. The van der Waals surface area contributed by atoms with Crippen LogP contribution in [0.4, 0.5) is 5.82 Å². The summed E-state index contributed by atoms with van der Waals surface area (Å²) in [6.07, 6.45) is 5.77. The van der Waals surface area contributed by atoms with Crippen LogP contribution < -0.4 is 5.32 Å². The molecule has 0 bridgehead atoms. The van der Waals surface area contributed by atoms with Gasteiger partial charge in [0.1, 0.15) is 5.52 Å². The van der Waals surface area contributed by atoms with Crippen molar-refractivity contribution in [1.29, 1.82) is 0 Å². The first-order chi connectivity index (χ1) is 16.9. The van der Waals surface area contributed by atoms with Crippen molar-refractivity contribution in [3.8, 4) is 11.4 Å². The Hall–Kier alpha value is -3.50. The lowest BCUT2D eigenvalue weighted by Gasteiger charge is -2.16. The van der Waals surface area contributed by atoms with E-state index in [9.17, 15) is 9.59 Å². The number of hydrogen-bond acceptors (Lipinski definition) is 7. The van der Waals surface area contributed by atoms with Gasteiger partial charge in [0.05, 0.1) is 17.6 Å². The molecule has 3 aromatic rings. The number of carbonyl (C=O) groups is 2. The molecule has 0 spiro atoms. The highest BCUT2D eigenvalue weighted by molar-refractivity contribution is 5.85. The van der Waals surface area contributed by atoms with Crippen LogP contribution in [0.2, 0.25) is 0 Å². The quantitative estimate of drug-likeness (QED) is 0.466. The number of carbonyl (C=O) groups excluding carboxylic acids is 2. The van der Waals surface area contributed by atoms with Crippen LogP contribution in [-0.2, 0) is 23.2 Å². The van der Waals surface area contributed by atoms with Crippen molar-refractivity contribution in [3.63, 3.8) is 0 Å². The molecule has 2 aliphatic heterocycles. The molecule has 0 saturated carbocycles. The lowest BCUT2D eigenvalue weighted by atomic mass is 10.2. The largest absolute Gasteiger partial charge is 0.368 e. The molecule has 2 saturated heterocycles. The second kappa shape index (κ2) is 9.63. The number of likely N-dealkylation sites (tertiary alicyclic amines) is 2. The number of fused-ring (bicyclic) bond motifs is 1. The highest BCUT2D eigenvalue weighted by Gasteiger charge is 2.23. The molecule has 5 heterocycles. The molecule has 5 rings (SSSR count). The van der Waals surface area contributed by atoms with Crippen LogP contribution in [0.3, 0.4) is 0 Å². The topological polar surface area (TPSA) is 114 Å². The Morgan fingerprint density at radius 1 is 0.971 bits per heavy atom. The van der Waals surface area contributed by atoms with E-state index < -0.39 is 0 Å². The SMILES string of the molecule is Cc1nn(C)c(C)c1-c1nc(NCCCN2CCCC2=O)c2ncn(CCN3CCCC3=O)c2n1. The molecule has 35 heavy (non-hydrogen) atoms. The van der Waals surface area contributed by atoms with E-state index in [4.69, 9.17) is 9.97 Å². The van der Waals surface area contributed by atoms with E-state index in [2.05, 4.69) is 15.4 Å². The van der Waals surface area contributed by atoms with Gasteiger partial charge in [-0.25, -0.2) is 15.0 Å². The van der Waals surface area contributed by atoms with Crippen molar-refractivity contribution in [2.24, 2.45) is 7.05 Å². The Balaban J connectivity index is 1.41. The van der Waals surface area contributed by atoms with Crippen molar-refractivity contribution < 1.29 is 9.59 Å². The van der Waals surface area contributed by atoms with Gasteiger partial charge in [0, 0.05) is 64.9 Å². The number of aromatic nitrogens is 6. The maximum absolute atomic E-state index is 12.1. The van der Waals surface area contributed by atoms with Gasteiger partial charge in [-0.05, 0) is 33.1 Å². The van der Waals surface area contributed by atoms with Gasteiger partial charge < -0.3 is 19.7 Å². The van der Waals surface area contributed by atoms with Crippen LogP contribution in [0.25, 0.3) is 22.6 Å². The van der Waals surface area contributed by atoms with E-state index in [1.54, 1.807) is 6.33 Å². The van der Waals surface area contributed by atoms with Crippen molar-refractivity contribution in [2.45, 2.75) is 52.5 Å². The predicted octanol–water partition coefficient (Wildman–Crippen LogP) is 1.89. The molecule has 0 unspecified atom stereocenters. The standard InChI is InChI=1S/C24H33N9O2/c1-16-20(17(2)30(3)29-16)22-27-23(25-9-6-12-31-10-4-7-18(31)34)21-24(28-22)33(15-26-21)14-13-32-11-5-8-19(32)35/h15H,4-14H2,1-3H3,(H,25,27,28). The van der Waals surface area contributed by atoms with E-state index in [1.165, 1.54) is 0 Å². The lowest BCUT2D eigenvalue weighted by molar-refractivity contribution is -0.128. The number of aryl methyl sites for hydroxylation is 2. The lowest BCUT2D eigenvalue weighted by Crippen LogP contribution is -2.28. The van der Waals surface area contributed by atoms with Crippen LogP contribution in [0.1, 0.15) is 43.5 Å². The third-order valence-corrected chi connectivity index (χ3v) is 7.05. The van der Waals surface area contributed by atoms with Crippen LogP contribution in [0, 0.1) is 13.8 Å². The molecule has 0 aromatic carbocycles. The summed E-state index contributed by atoms with van der Waals surface area (Å²) in [5.74, 6) is 1.74. The number of rotatable bonds is 9. The maximum Gasteiger partial charge on any atom is 0.222 e. The van der Waals surface area contributed by atoms with Crippen molar-refractivity contribution in [3.05, 3.63) is 17.7 Å². The summed E-state index contributed by atoms with van der Waals surface area (Å²) >= 11 is 0. The van der Waals surface area contributed by atoms with Crippen molar-refractivity contribution >= 4 is 28.8 Å². The van der Waals surface area contributed by atoms with E-state index in [-0.39, 0.29) is 11.8 Å². The number of imidazole rings is 1. The van der Waals surface area contributed by atoms with Gasteiger partial charge in [0.15, 0.2) is 17.3 Å². The van der Waals surface area contributed by atoms with E-state index >= 15 is 0 Å². The molecule has 3 aromatic heterocycles. The third kappa shape index (κ3) is 4.59. The van der Waals surface area contributed by atoms with Crippen LogP contribution in [0.15, 0.2) is 6.33 Å². The molecule has 1 N–H and O–H groups in total. The highest BCUT2D eigenvalue weighted by atomic mass is 16.2. The minimum absolute atomic E-state index is 0.213. The number of anilines is 1. The minimum atomic E-state index is 0.213. The van der Waals surface area contributed by atoms with E-state index in [0.29, 0.717) is 49.6 Å². The molecule has 186 valence electrons. The molecule has 11 nitrogen and oxygen atoms in total. The first-order valence-electron chi connectivity index (χ1n) is 12.4. The van der Waals surface area contributed by atoms with E-state index in [1.807, 2.05) is 39.9 Å². The number of nitrogens with zero attached hydrogens (tertiary/aromatic N) is 8. The van der Waals surface area contributed by atoms with Gasteiger partial charge in [0.25, 0.3) is 0 Å². The molecule has 2 fully saturated rings. The molecular formula is C24H33N9O2. The third-order valence-electron chi connectivity index (χ3n) is 7.05. The Morgan fingerprint density at radius 2 is 1.69 bits per heavy atom. The highest BCUT2D eigenvalue weighted by Crippen LogP contribution is 2.28. The number of amides is 2. The van der Waals surface area contributed by atoms with Crippen LogP contribution >= 0.6 is 0 Å². The zero-order chi connectivity index (χ0) is 24.5. The average Bonchev–Trinajstić information content (AvgIpc) is 3.59. The minimum Gasteiger partial charge on any atom is -0.368 e. The summed E-state index contributed by atoms with van der Waals surface area (Å²) in [4.78, 5) is 42.2. The van der Waals surface area contributed by atoms with Gasteiger partial charge >= 0.3 is 0 Å². The second-order valence-electron chi connectivity index (χ2n) is 9.42.